The maximum Gasteiger partial charge on any atom is 0.258 e. The van der Waals surface area contributed by atoms with Crippen molar-refractivity contribution in [1.82, 2.24) is 10.1 Å². The van der Waals surface area contributed by atoms with E-state index in [0.717, 1.165) is 21.2 Å². The first-order valence-corrected chi connectivity index (χ1v) is 7.10. The molecule has 0 spiro atoms. The molecule has 3 rings (SSSR count). The number of nitrogens with zero attached hydrogens (tertiary/aromatic N) is 2. The van der Waals surface area contributed by atoms with Gasteiger partial charge in [0.25, 0.3) is 5.89 Å². The molecule has 100 valence electrons. The van der Waals surface area contributed by atoms with Gasteiger partial charge in [-0.3, -0.25) is 0 Å². The lowest BCUT2D eigenvalue weighted by atomic mass is 10.1. The Morgan fingerprint density at radius 1 is 1.05 bits per heavy atom. The summed E-state index contributed by atoms with van der Waals surface area (Å²) in [7, 11) is 0. The van der Waals surface area contributed by atoms with E-state index in [-0.39, 0.29) is 0 Å². The Hall–Kier alpha value is -1.94. The van der Waals surface area contributed by atoms with Crippen LogP contribution in [0, 0.1) is 13.8 Å². The third-order valence-corrected chi connectivity index (χ3v) is 3.63. The molecule has 0 saturated heterocycles. The number of hydrogen-bond donors (Lipinski definition) is 0. The van der Waals surface area contributed by atoms with E-state index in [9.17, 15) is 0 Å². The zero-order valence-electron chi connectivity index (χ0n) is 11.2. The van der Waals surface area contributed by atoms with Crippen molar-refractivity contribution in [2.24, 2.45) is 0 Å². The van der Waals surface area contributed by atoms with E-state index in [4.69, 9.17) is 4.52 Å². The average Bonchev–Trinajstić information content (AvgIpc) is 2.91. The summed E-state index contributed by atoms with van der Waals surface area (Å²) in [4.78, 5) is 4.50. The van der Waals surface area contributed by atoms with Crippen LogP contribution in [-0.4, -0.2) is 10.1 Å². The normalized spacial score (nSPS) is 10.8. The van der Waals surface area contributed by atoms with E-state index in [0.29, 0.717) is 11.7 Å². The van der Waals surface area contributed by atoms with E-state index in [1.54, 1.807) is 0 Å². The molecule has 0 aliphatic carbocycles. The smallest absolute Gasteiger partial charge is 0.258 e. The van der Waals surface area contributed by atoms with Gasteiger partial charge in [0.15, 0.2) is 0 Å². The molecule has 1 heterocycles. The van der Waals surface area contributed by atoms with Crippen molar-refractivity contribution >= 4 is 15.9 Å². The van der Waals surface area contributed by atoms with Crippen LogP contribution in [0.15, 0.2) is 51.5 Å². The minimum absolute atomic E-state index is 0.557. The monoisotopic (exact) mass is 328 g/mol. The van der Waals surface area contributed by atoms with Crippen LogP contribution in [0.25, 0.3) is 22.8 Å². The van der Waals surface area contributed by atoms with Crippen LogP contribution in [0.1, 0.15) is 11.1 Å². The van der Waals surface area contributed by atoms with Gasteiger partial charge < -0.3 is 4.52 Å². The third-order valence-electron chi connectivity index (χ3n) is 3.13. The first kappa shape index (κ1) is 13.1. The molecule has 1 aromatic heterocycles. The Kier molecular flexibility index (Phi) is 3.40. The van der Waals surface area contributed by atoms with Gasteiger partial charge in [-0.1, -0.05) is 50.9 Å². The molecule has 0 radical (unpaired) electrons. The average molecular weight is 329 g/mol. The standard InChI is InChI=1S/C16H13BrN2O/c1-10-6-7-11(2)14(8-10)16-18-15(19-20-16)12-4-3-5-13(17)9-12/h3-9H,1-2H3. The highest BCUT2D eigenvalue weighted by atomic mass is 79.9. The number of hydrogen-bond acceptors (Lipinski definition) is 3. The van der Waals surface area contributed by atoms with Crippen LogP contribution in [-0.2, 0) is 0 Å². The topological polar surface area (TPSA) is 38.9 Å². The molecule has 0 unspecified atom stereocenters. The summed E-state index contributed by atoms with van der Waals surface area (Å²) >= 11 is 3.45. The second-order valence-corrected chi connectivity index (χ2v) is 5.67. The van der Waals surface area contributed by atoms with E-state index in [2.05, 4.69) is 51.2 Å². The Labute approximate surface area is 125 Å². The van der Waals surface area contributed by atoms with Gasteiger partial charge in [0.2, 0.25) is 5.82 Å². The van der Waals surface area contributed by atoms with Crippen LogP contribution in [0.4, 0.5) is 0 Å². The highest BCUT2D eigenvalue weighted by Gasteiger charge is 2.12. The third kappa shape index (κ3) is 2.51. The number of aryl methyl sites for hydroxylation is 2. The SMILES string of the molecule is Cc1ccc(C)c(-c2nc(-c3cccc(Br)c3)no2)c1. The van der Waals surface area contributed by atoms with Crippen molar-refractivity contribution in [3.8, 4) is 22.8 Å². The van der Waals surface area contributed by atoms with Gasteiger partial charge in [0.1, 0.15) is 0 Å². The van der Waals surface area contributed by atoms with Crippen molar-refractivity contribution < 1.29 is 4.52 Å². The first-order valence-electron chi connectivity index (χ1n) is 6.31. The summed E-state index contributed by atoms with van der Waals surface area (Å²) in [5.74, 6) is 1.16. The molecule has 0 atom stereocenters. The van der Waals surface area contributed by atoms with Gasteiger partial charge in [0.05, 0.1) is 0 Å². The summed E-state index contributed by atoms with van der Waals surface area (Å²) in [6.07, 6.45) is 0. The molecule has 0 aliphatic heterocycles. The second-order valence-electron chi connectivity index (χ2n) is 4.75. The maximum atomic E-state index is 5.40. The van der Waals surface area contributed by atoms with Gasteiger partial charge in [-0.25, -0.2) is 0 Å². The van der Waals surface area contributed by atoms with Gasteiger partial charge in [0, 0.05) is 15.6 Å². The fraction of sp³-hybridized carbons (Fsp3) is 0.125. The number of benzene rings is 2. The minimum Gasteiger partial charge on any atom is -0.334 e. The zero-order chi connectivity index (χ0) is 14.1. The van der Waals surface area contributed by atoms with Crippen LogP contribution >= 0.6 is 15.9 Å². The zero-order valence-corrected chi connectivity index (χ0v) is 12.8. The molecular weight excluding hydrogens is 316 g/mol. The van der Waals surface area contributed by atoms with Gasteiger partial charge in [-0.05, 0) is 37.6 Å². The summed E-state index contributed by atoms with van der Waals surface area (Å²) < 4.78 is 6.40. The van der Waals surface area contributed by atoms with E-state index < -0.39 is 0 Å². The summed E-state index contributed by atoms with van der Waals surface area (Å²) in [6, 6.07) is 14.0. The highest BCUT2D eigenvalue weighted by Crippen LogP contribution is 2.26. The van der Waals surface area contributed by atoms with Crippen molar-refractivity contribution in [2.45, 2.75) is 13.8 Å². The summed E-state index contributed by atoms with van der Waals surface area (Å²) in [5.41, 5.74) is 4.21. The molecule has 3 aromatic rings. The lowest BCUT2D eigenvalue weighted by molar-refractivity contribution is 0.432. The van der Waals surface area contributed by atoms with Crippen LogP contribution in [0.3, 0.4) is 0 Å². The van der Waals surface area contributed by atoms with Gasteiger partial charge in [-0.2, -0.15) is 4.98 Å². The van der Waals surface area contributed by atoms with Crippen molar-refractivity contribution in [2.75, 3.05) is 0 Å². The van der Waals surface area contributed by atoms with Gasteiger partial charge in [-0.15, -0.1) is 0 Å². The number of halogens is 1. The summed E-state index contributed by atoms with van der Waals surface area (Å²) in [5, 5.41) is 4.07. The Bertz CT molecular complexity index is 765. The van der Waals surface area contributed by atoms with Crippen LogP contribution < -0.4 is 0 Å². The largest absolute Gasteiger partial charge is 0.334 e. The van der Waals surface area contributed by atoms with Crippen LogP contribution in [0.5, 0.6) is 0 Å². The number of aromatic nitrogens is 2. The molecule has 20 heavy (non-hydrogen) atoms. The molecule has 0 bridgehead atoms. The van der Waals surface area contributed by atoms with E-state index in [1.807, 2.05) is 31.2 Å². The molecule has 4 heteroatoms. The Balaban J connectivity index is 2.04. The van der Waals surface area contributed by atoms with Crippen molar-refractivity contribution in [1.29, 1.82) is 0 Å². The lowest BCUT2D eigenvalue weighted by Crippen LogP contribution is -1.85. The fourth-order valence-electron chi connectivity index (χ4n) is 2.04. The lowest BCUT2D eigenvalue weighted by Gasteiger charge is -2.01. The quantitative estimate of drug-likeness (QED) is 0.679. The Morgan fingerprint density at radius 3 is 2.70 bits per heavy atom. The first-order chi connectivity index (χ1) is 9.63. The molecule has 3 nitrogen and oxygen atoms in total. The van der Waals surface area contributed by atoms with E-state index >= 15 is 0 Å². The fourth-order valence-corrected chi connectivity index (χ4v) is 2.44. The van der Waals surface area contributed by atoms with Crippen molar-refractivity contribution in [3.63, 3.8) is 0 Å². The molecule has 0 N–H and O–H groups in total. The molecule has 0 fully saturated rings. The molecular formula is C16H13BrN2O. The van der Waals surface area contributed by atoms with Gasteiger partial charge >= 0.3 is 0 Å². The molecule has 0 amide bonds. The Morgan fingerprint density at radius 2 is 1.90 bits per heavy atom. The minimum atomic E-state index is 0.557. The second kappa shape index (κ2) is 5.21. The molecule has 0 saturated carbocycles. The van der Waals surface area contributed by atoms with Crippen LogP contribution in [0.2, 0.25) is 0 Å². The maximum absolute atomic E-state index is 5.40. The molecule has 2 aromatic carbocycles. The highest BCUT2D eigenvalue weighted by molar-refractivity contribution is 9.10. The predicted molar refractivity (Wildman–Crippen MR) is 82.3 cm³/mol. The molecule has 0 aliphatic rings. The van der Waals surface area contributed by atoms with Crippen molar-refractivity contribution in [3.05, 3.63) is 58.1 Å². The number of rotatable bonds is 2. The van der Waals surface area contributed by atoms with E-state index in [1.165, 1.54) is 5.56 Å². The summed E-state index contributed by atoms with van der Waals surface area (Å²) in [6.45, 7) is 4.09. The predicted octanol–water partition coefficient (Wildman–Crippen LogP) is 4.78.